The summed E-state index contributed by atoms with van der Waals surface area (Å²) in [5, 5.41) is 11.2. The van der Waals surface area contributed by atoms with Gasteiger partial charge < -0.3 is 19.5 Å². The second-order valence-electron chi connectivity index (χ2n) is 6.27. The number of anilines is 1. The minimum Gasteiger partial charge on any atom is -0.494 e. The van der Waals surface area contributed by atoms with Gasteiger partial charge in [0.2, 0.25) is 0 Å². The lowest BCUT2D eigenvalue weighted by molar-refractivity contribution is 0.0526. The van der Waals surface area contributed by atoms with E-state index in [2.05, 4.69) is 4.98 Å². The van der Waals surface area contributed by atoms with Gasteiger partial charge in [0.25, 0.3) is 0 Å². The number of β-amino-alcohol motifs (C(OH)–C–C–N with tert-alkyl or cyclic N) is 1. The topological polar surface area (TPSA) is 71.9 Å². The fraction of sp³-hybridized carbons (Fsp3) is 0.444. The molecule has 0 amide bonds. The summed E-state index contributed by atoms with van der Waals surface area (Å²) in [6.07, 6.45) is 2.17. The molecule has 1 N–H and O–H groups in total. The summed E-state index contributed by atoms with van der Waals surface area (Å²) >= 11 is 0. The highest BCUT2D eigenvalue weighted by atomic mass is 16.5. The summed E-state index contributed by atoms with van der Waals surface area (Å²) in [5.74, 6) is 0.242. The van der Waals surface area contributed by atoms with E-state index in [-0.39, 0.29) is 0 Å². The molecule has 1 atom stereocenters. The number of nitrogens with zero attached hydrogens (tertiary/aromatic N) is 2. The standard InChI is InChI=1S/C18H22N2O4/c1-4-24-17(21)13-10-19-15-12(6-5-7-14(15)23-3)16(13)20-9-8-18(2,22)11-20/h5-7,10,22H,4,8-9,11H2,1-3H3. The second kappa shape index (κ2) is 6.28. The number of aliphatic hydroxyl groups is 1. The predicted molar refractivity (Wildman–Crippen MR) is 91.7 cm³/mol. The van der Waals surface area contributed by atoms with Crippen molar-refractivity contribution < 1.29 is 19.4 Å². The van der Waals surface area contributed by atoms with Crippen LogP contribution in [0.4, 0.5) is 5.69 Å². The summed E-state index contributed by atoms with van der Waals surface area (Å²) in [5.41, 5.74) is 1.07. The van der Waals surface area contributed by atoms with E-state index in [0.717, 1.165) is 11.1 Å². The van der Waals surface area contributed by atoms with Gasteiger partial charge >= 0.3 is 5.97 Å². The zero-order chi connectivity index (χ0) is 17.3. The lowest BCUT2D eigenvalue weighted by Gasteiger charge is -2.24. The number of hydrogen-bond acceptors (Lipinski definition) is 6. The Kier molecular flexibility index (Phi) is 4.32. The van der Waals surface area contributed by atoms with E-state index < -0.39 is 11.6 Å². The number of aromatic nitrogens is 1. The maximum absolute atomic E-state index is 12.4. The molecule has 1 aromatic heterocycles. The van der Waals surface area contributed by atoms with Crippen molar-refractivity contribution in [1.29, 1.82) is 0 Å². The quantitative estimate of drug-likeness (QED) is 0.868. The molecule has 1 unspecified atom stereocenters. The van der Waals surface area contributed by atoms with E-state index in [1.165, 1.54) is 6.20 Å². The fourth-order valence-electron chi connectivity index (χ4n) is 3.18. The van der Waals surface area contributed by atoms with Crippen molar-refractivity contribution in [2.24, 2.45) is 0 Å². The molecular weight excluding hydrogens is 308 g/mol. The van der Waals surface area contributed by atoms with Crippen LogP contribution in [0.1, 0.15) is 30.6 Å². The minimum absolute atomic E-state index is 0.298. The number of fused-ring (bicyclic) bond motifs is 1. The average molecular weight is 330 g/mol. The third-order valence-electron chi connectivity index (χ3n) is 4.32. The Morgan fingerprint density at radius 2 is 2.25 bits per heavy atom. The molecule has 24 heavy (non-hydrogen) atoms. The molecule has 6 nitrogen and oxygen atoms in total. The number of methoxy groups -OCH3 is 1. The van der Waals surface area contributed by atoms with Crippen molar-refractivity contribution in [2.75, 3.05) is 31.7 Å². The molecule has 0 aliphatic carbocycles. The van der Waals surface area contributed by atoms with Crippen molar-refractivity contribution in [3.63, 3.8) is 0 Å². The van der Waals surface area contributed by atoms with Gasteiger partial charge in [0.15, 0.2) is 0 Å². The molecule has 1 aromatic carbocycles. The van der Waals surface area contributed by atoms with Gasteiger partial charge in [0.05, 0.1) is 25.0 Å². The number of carbonyl (C=O) groups is 1. The molecule has 2 aromatic rings. The largest absolute Gasteiger partial charge is 0.494 e. The van der Waals surface area contributed by atoms with E-state index in [4.69, 9.17) is 9.47 Å². The third-order valence-corrected chi connectivity index (χ3v) is 4.32. The van der Waals surface area contributed by atoms with E-state index in [0.29, 0.717) is 42.9 Å². The Balaban J connectivity index is 2.20. The number of carbonyl (C=O) groups excluding carboxylic acids is 1. The van der Waals surface area contributed by atoms with Gasteiger partial charge in [0.1, 0.15) is 16.8 Å². The lowest BCUT2D eigenvalue weighted by atomic mass is 10.1. The van der Waals surface area contributed by atoms with Gasteiger partial charge in [-0.3, -0.25) is 4.98 Å². The molecule has 1 aliphatic heterocycles. The van der Waals surface area contributed by atoms with Crippen LogP contribution in [0.25, 0.3) is 10.9 Å². The number of esters is 1. The Labute approximate surface area is 141 Å². The van der Waals surface area contributed by atoms with Crippen molar-refractivity contribution in [1.82, 2.24) is 4.98 Å². The van der Waals surface area contributed by atoms with Crippen LogP contribution in [0.3, 0.4) is 0 Å². The molecule has 1 fully saturated rings. The first-order chi connectivity index (χ1) is 11.5. The Morgan fingerprint density at radius 3 is 2.88 bits per heavy atom. The number of benzene rings is 1. The molecule has 2 heterocycles. The van der Waals surface area contributed by atoms with Crippen molar-refractivity contribution in [3.8, 4) is 5.75 Å². The molecule has 6 heteroatoms. The van der Waals surface area contributed by atoms with Crippen LogP contribution in [-0.2, 0) is 4.74 Å². The summed E-state index contributed by atoms with van der Waals surface area (Å²) < 4.78 is 10.6. The normalized spacial score (nSPS) is 20.4. The summed E-state index contributed by atoms with van der Waals surface area (Å²) in [7, 11) is 1.59. The van der Waals surface area contributed by atoms with E-state index >= 15 is 0 Å². The van der Waals surface area contributed by atoms with E-state index in [1.807, 2.05) is 23.1 Å². The van der Waals surface area contributed by atoms with Gasteiger partial charge in [-0.1, -0.05) is 12.1 Å². The first-order valence-corrected chi connectivity index (χ1v) is 8.07. The number of pyridine rings is 1. The summed E-state index contributed by atoms with van der Waals surface area (Å²) in [6.45, 7) is 4.99. The van der Waals surface area contributed by atoms with Gasteiger partial charge in [-0.2, -0.15) is 0 Å². The first kappa shape index (κ1) is 16.5. The molecule has 0 saturated carbocycles. The van der Waals surface area contributed by atoms with Crippen LogP contribution in [0.15, 0.2) is 24.4 Å². The summed E-state index contributed by atoms with van der Waals surface area (Å²) in [6, 6.07) is 5.62. The average Bonchev–Trinajstić information content (AvgIpc) is 2.92. The Bertz CT molecular complexity index is 773. The van der Waals surface area contributed by atoms with Gasteiger partial charge in [-0.05, 0) is 26.3 Å². The Hall–Kier alpha value is -2.34. The highest BCUT2D eigenvalue weighted by molar-refractivity contribution is 6.06. The first-order valence-electron chi connectivity index (χ1n) is 8.07. The molecule has 3 rings (SSSR count). The fourth-order valence-corrected chi connectivity index (χ4v) is 3.18. The van der Waals surface area contributed by atoms with Crippen LogP contribution in [0.5, 0.6) is 5.75 Å². The van der Waals surface area contributed by atoms with Gasteiger partial charge in [0, 0.05) is 24.7 Å². The highest BCUT2D eigenvalue weighted by Crippen LogP contribution is 2.37. The number of para-hydroxylation sites is 1. The molecule has 1 aliphatic rings. The maximum Gasteiger partial charge on any atom is 0.341 e. The molecule has 0 spiro atoms. The molecular formula is C18H22N2O4. The summed E-state index contributed by atoms with van der Waals surface area (Å²) in [4.78, 5) is 18.8. The molecule has 0 bridgehead atoms. The highest BCUT2D eigenvalue weighted by Gasteiger charge is 2.34. The van der Waals surface area contributed by atoms with Crippen LogP contribution in [0.2, 0.25) is 0 Å². The molecule has 1 saturated heterocycles. The zero-order valence-electron chi connectivity index (χ0n) is 14.2. The van der Waals surface area contributed by atoms with Crippen molar-refractivity contribution in [3.05, 3.63) is 30.0 Å². The monoisotopic (exact) mass is 330 g/mol. The number of hydrogen-bond donors (Lipinski definition) is 1. The van der Waals surface area contributed by atoms with Gasteiger partial charge in [-0.15, -0.1) is 0 Å². The number of ether oxygens (including phenoxy) is 2. The molecule has 128 valence electrons. The van der Waals surface area contributed by atoms with Crippen LogP contribution < -0.4 is 9.64 Å². The SMILES string of the molecule is CCOC(=O)c1cnc2c(OC)cccc2c1N1CCC(C)(O)C1. The zero-order valence-corrected chi connectivity index (χ0v) is 14.2. The smallest absolute Gasteiger partial charge is 0.341 e. The van der Waals surface area contributed by atoms with Crippen LogP contribution >= 0.6 is 0 Å². The van der Waals surface area contributed by atoms with E-state index in [9.17, 15) is 9.90 Å². The molecule has 0 radical (unpaired) electrons. The Morgan fingerprint density at radius 1 is 1.46 bits per heavy atom. The second-order valence-corrected chi connectivity index (χ2v) is 6.27. The van der Waals surface area contributed by atoms with Crippen LogP contribution in [-0.4, -0.2) is 48.5 Å². The van der Waals surface area contributed by atoms with E-state index in [1.54, 1.807) is 21.0 Å². The lowest BCUT2D eigenvalue weighted by Crippen LogP contribution is -2.30. The maximum atomic E-state index is 12.4. The van der Waals surface area contributed by atoms with Crippen molar-refractivity contribution >= 4 is 22.6 Å². The minimum atomic E-state index is -0.777. The van der Waals surface area contributed by atoms with Crippen molar-refractivity contribution in [2.45, 2.75) is 25.9 Å². The van der Waals surface area contributed by atoms with Crippen LogP contribution in [0, 0.1) is 0 Å². The third kappa shape index (κ3) is 2.89. The predicted octanol–water partition coefficient (Wildman–Crippen LogP) is 2.38. The number of rotatable bonds is 4. The van der Waals surface area contributed by atoms with Gasteiger partial charge in [-0.25, -0.2) is 4.79 Å².